The molecule has 3 aromatic heterocycles. The van der Waals surface area contributed by atoms with Gasteiger partial charge in [0.25, 0.3) is 5.56 Å². The Labute approximate surface area is 208 Å². The second kappa shape index (κ2) is 8.69. The first kappa shape index (κ1) is 22.6. The normalized spacial score (nSPS) is 18.7. The Morgan fingerprint density at radius 1 is 1.19 bits per heavy atom. The summed E-state index contributed by atoms with van der Waals surface area (Å²) in [5, 5.41) is 18.2. The minimum absolute atomic E-state index is 0.217. The fourth-order valence-corrected chi connectivity index (χ4v) is 5.30. The van der Waals surface area contributed by atoms with E-state index in [4.69, 9.17) is 9.97 Å². The van der Waals surface area contributed by atoms with E-state index in [-0.39, 0.29) is 12.1 Å². The molecule has 1 atom stereocenters. The summed E-state index contributed by atoms with van der Waals surface area (Å²) in [6.45, 7) is 7.90. The molecule has 0 fully saturated rings. The van der Waals surface area contributed by atoms with Gasteiger partial charge in [0, 0.05) is 18.4 Å². The van der Waals surface area contributed by atoms with E-state index >= 15 is 0 Å². The summed E-state index contributed by atoms with van der Waals surface area (Å²) < 4.78 is 3.26. The summed E-state index contributed by atoms with van der Waals surface area (Å²) in [7, 11) is 0. The van der Waals surface area contributed by atoms with E-state index in [1.165, 1.54) is 11.1 Å². The standard InChI is InChI=1S/C27H29N7O2/c1-3-13-33-25(35)21-16-29-26(30-20-7-5-19-15-28-12-10-18(19)14-20)32-24(21)34(33)22-8-6-17-9-11-27(36,4-2)23(17)31-22/h3,5-8,14,16,28,36H,1,4,9-13,15H2,2H3,(H,29,30,32)/t27-/m1/s1. The first-order chi connectivity index (χ1) is 17.5. The third kappa shape index (κ3) is 3.63. The van der Waals surface area contributed by atoms with Crippen LogP contribution in [0.4, 0.5) is 11.6 Å². The molecule has 0 radical (unpaired) electrons. The average molecular weight is 484 g/mol. The average Bonchev–Trinajstić information content (AvgIpc) is 3.38. The maximum Gasteiger partial charge on any atom is 0.278 e. The van der Waals surface area contributed by atoms with Crippen molar-refractivity contribution in [2.75, 3.05) is 11.9 Å². The third-order valence-electron chi connectivity index (χ3n) is 7.34. The van der Waals surface area contributed by atoms with Gasteiger partial charge in [-0.3, -0.25) is 4.79 Å². The Hall–Kier alpha value is -3.82. The predicted molar refractivity (Wildman–Crippen MR) is 139 cm³/mol. The summed E-state index contributed by atoms with van der Waals surface area (Å²) in [6, 6.07) is 10.1. The predicted octanol–water partition coefficient (Wildman–Crippen LogP) is 3.10. The van der Waals surface area contributed by atoms with Gasteiger partial charge in [0.2, 0.25) is 5.95 Å². The van der Waals surface area contributed by atoms with Crippen LogP contribution in [0.1, 0.15) is 42.1 Å². The molecule has 0 spiro atoms. The van der Waals surface area contributed by atoms with E-state index in [0.717, 1.165) is 37.2 Å². The van der Waals surface area contributed by atoms with Gasteiger partial charge >= 0.3 is 0 Å². The van der Waals surface area contributed by atoms with Crippen molar-refractivity contribution in [2.45, 2.75) is 51.3 Å². The highest BCUT2D eigenvalue weighted by Crippen LogP contribution is 2.38. The van der Waals surface area contributed by atoms with Gasteiger partial charge in [0.05, 0.1) is 12.2 Å². The highest BCUT2D eigenvalue weighted by molar-refractivity contribution is 5.77. The number of allylic oxidation sites excluding steroid dienone is 1. The molecule has 0 saturated carbocycles. The molecule has 9 nitrogen and oxygen atoms in total. The van der Waals surface area contributed by atoms with Gasteiger partial charge < -0.3 is 15.7 Å². The van der Waals surface area contributed by atoms with Crippen molar-refractivity contribution in [3.8, 4) is 5.82 Å². The molecule has 3 N–H and O–H groups in total. The molecule has 36 heavy (non-hydrogen) atoms. The molecule has 1 aliphatic heterocycles. The lowest BCUT2D eigenvalue weighted by molar-refractivity contribution is 0.0306. The molecule has 9 heteroatoms. The monoisotopic (exact) mass is 483 g/mol. The first-order valence-electron chi connectivity index (χ1n) is 12.4. The van der Waals surface area contributed by atoms with Crippen molar-refractivity contribution >= 4 is 22.7 Å². The van der Waals surface area contributed by atoms with E-state index in [9.17, 15) is 9.90 Å². The minimum Gasteiger partial charge on any atom is -0.384 e. The molecule has 2 aliphatic rings. The largest absolute Gasteiger partial charge is 0.384 e. The lowest BCUT2D eigenvalue weighted by Gasteiger charge is -2.21. The highest BCUT2D eigenvalue weighted by atomic mass is 16.3. The molecule has 0 unspecified atom stereocenters. The Balaban J connectivity index is 1.46. The zero-order valence-electron chi connectivity index (χ0n) is 20.3. The van der Waals surface area contributed by atoms with Crippen molar-refractivity contribution in [1.29, 1.82) is 0 Å². The molecular formula is C27H29N7O2. The fraction of sp³-hybridized carbons (Fsp3) is 0.333. The molecule has 0 saturated heterocycles. The molecule has 4 aromatic rings. The summed E-state index contributed by atoms with van der Waals surface area (Å²) in [5.41, 5.74) is 4.50. The fourth-order valence-electron chi connectivity index (χ4n) is 5.30. The SMILES string of the molecule is C=CCn1c(=O)c2cnc(Nc3ccc4c(c3)CCNC4)nc2n1-c1ccc2c(n1)[C@@](O)(CC)CC2. The minimum atomic E-state index is -0.957. The van der Waals surface area contributed by atoms with Crippen LogP contribution in [0.2, 0.25) is 0 Å². The molecule has 184 valence electrons. The summed E-state index contributed by atoms with van der Waals surface area (Å²) in [4.78, 5) is 27.3. The van der Waals surface area contributed by atoms with Crippen molar-refractivity contribution < 1.29 is 5.11 Å². The van der Waals surface area contributed by atoms with Gasteiger partial charge in [-0.1, -0.05) is 25.1 Å². The van der Waals surface area contributed by atoms with Crippen LogP contribution >= 0.6 is 0 Å². The van der Waals surface area contributed by atoms with E-state index in [1.807, 2.05) is 25.1 Å². The van der Waals surface area contributed by atoms with Gasteiger partial charge in [-0.25, -0.2) is 19.3 Å². The Kier molecular flexibility index (Phi) is 5.46. The number of anilines is 2. The number of aliphatic hydroxyl groups is 1. The van der Waals surface area contributed by atoms with Crippen LogP contribution in [-0.4, -0.2) is 36.0 Å². The second-order valence-corrected chi connectivity index (χ2v) is 9.52. The smallest absolute Gasteiger partial charge is 0.278 e. The molecule has 0 bridgehead atoms. The zero-order valence-corrected chi connectivity index (χ0v) is 20.3. The number of nitrogens with one attached hydrogen (secondary N) is 2. The van der Waals surface area contributed by atoms with Crippen LogP contribution in [-0.2, 0) is 31.5 Å². The third-order valence-corrected chi connectivity index (χ3v) is 7.34. The van der Waals surface area contributed by atoms with Crippen molar-refractivity contribution in [1.82, 2.24) is 29.6 Å². The van der Waals surface area contributed by atoms with Crippen LogP contribution in [0.3, 0.4) is 0 Å². The van der Waals surface area contributed by atoms with E-state index in [0.29, 0.717) is 41.3 Å². The summed E-state index contributed by atoms with van der Waals surface area (Å²) in [6.07, 6.45) is 6.21. The number of aryl methyl sites for hydroxylation is 1. The molecule has 1 aliphatic carbocycles. The first-order valence-corrected chi connectivity index (χ1v) is 12.4. The molecule has 0 amide bonds. The number of hydrogen-bond acceptors (Lipinski definition) is 7. The Bertz CT molecular complexity index is 1550. The van der Waals surface area contributed by atoms with Crippen molar-refractivity contribution in [3.05, 3.63) is 81.9 Å². The van der Waals surface area contributed by atoms with Crippen molar-refractivity contribution in [2.24, 2.45) is 0 Å². The molecular weight excluding hydrogens is 454 g/mol. The van der Waals surface area contributed by atoms with Crippen LogP contribution < -0.4 is 16.2 Å². The van der Waals surface area contributed by atoms with Gasteiger partial charge in [-0.05, 0) is 67.1 Å². The zero-order chi connectivity index (χ0) is 24.9. The highest BCUT2D eigenvalue weighted by Gasteiger charge is 2.37. The number of hydrogen-bond donors (Lipinski definition) is 3. The number of aromatic nitrogens is 5. The quantitative estimate of drug-likeness (QED) is 0.362. The molecule has 4 heterocycles. The molecule has 6 rings (SSSR count). The van der Waals surface area contributed by atoms with Gasteiger partial charge in [0.1, 0.15) is 11.0 Å². The van der Waals surface area contributed by atoms with E-state index in [2.05, 4.69) is 34.3 Å². The van der Waals surface area contributed by atoms with Gasteiger partial charge in [0.15, 0.2) is 11.5 Å². The maximum absolute atomic E-state index is 13.3. The number of benzene rings is 1. The van der Waals surface area contributed by atoms with Crippen LogP contribution in [0.25, 0.3) is 16.9 Å². The Morgan fingerprint density at radius 3 is 2.89 bits per heavy atom. The van der Waals surface area contributed by atoms with Crippen molar-refractivity contribution in [3.63, 3.8) is 0 Å². The molecule has 1 aromatic carbocycles. The number of fused-ring (bicyclic) bond motifs is 3. The summed E-state index contributed by atoms with van der Waals surface area (Å²) in [5.74, 6) is 0.925. The van der Waals surface area contributed by atoms with Crippen LogP contribution in [0.15, 0.2) is 54.0 Å². The van der Waals surface area contributed by atoms with E-state index in [1.54, 1.807) is 21.6 Å². The van der Waals surface area contributed by atoms with Gasteiger partial charge in [-0.15, -0.1) is 6.58 Å². The number of pyridine rings is 1. The Morgan fingerprint density at radius 2 is 2.06 bits per heavy atom. The van der Waals surface area contributed by atoms with Gasteiger partial charge in [-0.2, -0.15) is 4.98 Å². The van der Waals surface area contributed by atoms with Crippen LogP contribution in [0.5, 0.6) is 0 Å². The topological polar surface area (TPSA) is 110 Å². The van der Waals surface area contributed by atoms with E-state index < -0.39 is 5.60 Å². The second-order valence-electron chi connectivity index (χ2n) is 9.52. The van der Waals surface area contributed by atoms with Crippen LogP contribution in [0, 0.1) is 0 Å². The lowest BCUT2D eigenvalue weighted by Crippen LogP contribution is -2.25. The maximum atomic E-state index is 13.3. The number of nitrogens with zero attached hydrogens (tertiary/aromatic N) is 5. The number of rotatable bonds is 6. The summed E-state index contributed by atoms with van der Waals surface area (Å²) >= 11 is 0. The lowest BCUT2D eigenvalue weighted by atomic mass is 9.98.